The van der Waals surface area contributed by atoms with E-state index in [4.69, 9.17) is 9.73 Å². The maximum Gasteiger partial charge on any atom is 0.288 e. The lowest BCUT2D eigenvalue weighted by molar-refractivity contribution is 0.104. The zero-order valence-corrected chi connectivity index (χ0v) is 19.3. The summed E-state index contributed by atoms with van der Waals surface area (Å²) in [4.78, 5) is 7.20. The second-order valence-electron chi connectivity index (χ2n) is 10.2. The first-order valence-corrected chi connectivity index (χ1v) is 12.8. The Morgan fingerprint density at radius 3 is 2.58 bits per heavy atom. The highest BCUT2D eigenvalue weighted by molar-refractivity contribution is 5.77. The van der Waals surface area contributed by atoms with Crippen molar-refractivity contribution in [2.75, 3.05) is 26.2 Å². The van der Waals surface area contributed by atoms with Gasteiger partial charge in [0.05, 0.1) is 12.6 Å². The lowest BCUT2D eigenvalue weighted by Gasteiger charge is -2.39. The normalized spacial score (nSPS) is 27.8. The summed E-state index contributed by atoms with van der Waals surface area (Å²) in [5.74, 6) is 1.04. The van der Waals surface area contributed by atoms with Crippen molar-refractivity contribution in [2.24, 2.45) is 10.9 Å². The summed E-state index contributed by atoms with van der Waals surface area (Å²) in [6, 6.07) is 14.9. The first-order valence-electron chi connectivity index (χ1n) is 12.8. The zero-order valence-electron chi connectivity index (χ0n) is 19.3. The standard InChI is InChI=1S/C28H34FN3O/c29-24-10-7-20(8-11-24)27-25-12-9-21(19-4-1-2-5-19)16-22(25)13-15-32(27)28-31-18-26(33-28)23-6-3-14-30-17-23/h7-12,16,19,23,26-27,30H,1-6,13-15,17-18H2/t23-,26-,27+/m1/s1. The van der Waals surface area contributed by atoms with Crippen LogP contribution < -0.4 is 5.32 Å². The summed E-state index contributed by atoms with van der Waals surface area (Å²) in [5, 5.41) is 3.51. The highest BCUT2D eigenvalue weighted by atomic mass is 19.1. The molecule has 4 aliphatic rings. The van der Waals surface area contributed by atoms with Crippen LogP contribution >= 0.6 is 0 Å². The number of aliphatic imine (C=N–C) groups is 1. The fourth-order valence-corrected chi connectivity index (χ4v) is 6.35. The minimum atomic E-state index is -0.197. The van der Waals surface area contributed by atoms with Crippen LogP contribution in [-0.2, 0) is 11.2 Å². The van der Waals surface area contributed by atoms with Crippen molar-refractivity contribution in [1.29, 1.82) is 0 Å². The lowest BCUT2D eigenvalue weighted by atomic mass is 9.85. The van der Waals surface area contributed by atoms with Crippen molar-refractivity contribution >= 4 is 6.02 Å². The molecule has 3 aliphatic heterocycles. The minimum Gasteiger partial charge on any atom is -0.460 e. The Labute approximate surface area is 196 Å². The Bertz CT molecular complexity index is 1010. The van der Waals surface area contributed by atoms with Crippen molar-refractivity contribution in [3.63, 3.8) is 0 Å². The molecule has 2 aromatic rings. The van der Waals surface area contributed by atoms with Gasteiger partial charge in [0.2, 0.25) is 0 Å². The second kappa shape index (κ2) is 9.09. The molecule has 2 aromatic carbocycles. The van der Waals surface area contributed by atoms with Gasteiger partial charge in [-0.15, -0.1) is 0 Å². The monoisotopic (exact) mass is 447 g/mol. The van der Waals surface area contributed by atoms with Gasteiger partial charge in [-0.2, -0.15) is 0 Å². The number of nitrogens with one attached hydrogen (secondary N) is 1. The average Bonchev–Trinajstić information content (AvgIpc) is 3.57. The molecule has 1 N–H and O–H groups in total. The quantitative estimate of drug-likeness (QED) is 0.704. The summed E-state index contributed by atoms with van der Waals surface area (Å²) in [6.45, 7) is 3.73. The smallest absolute Gasteiger partial charge is 0.288 e. The number of halogens is 1. The van der Waals surface area contributed by atoms with Gasteiger partial charge in [-0.1, -0.05) is 43.2 Å². The van der Waals surface area contributed by atoms with Crippen molar-refractivity contribution in [2.45, 2.75) is 63.0 Å². The molecule has 174 valence electrons. The molecule has 3 heterocycles. The van der Waals surface area contributed by atoms with E-state index in [1.54, 1.807) is 12.1 Å². The Morgan fingerprint density at radius 2 is 1.79 bits per heavy atom. The van der Waals surface area contributed by atoms with E-state index in [-0.39, 0.29) is 18.0 Å². The third kappa shape index (κ3) is 4.16. The molecular formula is C28H34FN3O. The molecule has 0 aromatic heterocycles. The molecule has 1 saturated carbocycles. The third-order valence-corrected chi connectivity index (χ3v) is 8.18. The number of hydrogen-bond donors (Lipinski definition) is 1. The Balaban J connectivity index is 1.30. The fourth-order valence-electron chi connectivity index (χ4n) is 6.35. The van der Waals surface area contributed by atoms with Gasteiger partial charge in [0.1, 0.15) is 11.9 Å². The lowest BCUT2D eigenvalue weighted by Crippen LogP contribution is -2.43. The Morgan fingerprint density at radius 1 is 0.970 bits per heavy atom. The molecule has 2 fully saturated rings. The molecule has 0 unspecified atom stereocenters. The Kier molecular flexibility index (Phi) is 5.83. The summed E-state index contributed by atoms with van der Waals surface area (Å²) >= 11 is 0. The van der Waals surface area contributed by atoms with Crippen LogP contribution in [-0.4, -0.2) is 43.2 Å². The molecule has 1 aliphatic carbocycles. The largest absolute Gasteiger partial charge is 0.460 e. The fraction of sp³-hybridized carbons (Fsp3) is 0.536. The molecule has 3 atom stereocenters. The maximum absolute atomic E-state index is 13.8. The van der Waals surface area contributed by atoms with Crippen LogP contribution in [0.3, 0.4) is 0 Å². The van der Waals surface area contributed by atoms with E-state index >= 15 is 0 Å². The molecule has 5 heteroatoms. The van der Waals surface area contributed by atoms with E-state index in [2.05, 4.69) is 28.4 Å². The van der Waals surface area contributed by atoms with Crippen LogP contribution in [0.1, 0.15) is 72.7 Å². The predicted molar refractivity (Wildman–Crippen MR) is 129 cm³/mol. The average molecular weight is 448 g/mol. The molecule has 0 bridgehead atoms. The topological polar surface area (TPSA) is 36.9 Å². The van der Waals surface area contributed by atoms with Crippen LogP contribution in [0.15, 0.2) is 47.5 Å². The van der Waals surface area contributed by atoms with Crippen molar-refractivity contribution in [1.82, 2.24) is 10.2 Å². The van der Waals surface area contributed by atoms with Gasteiger partial charge in [0.15, 0.2) is 0 Å². The highest BCUT2D eigenvalue weighted by Gasteiger charge is 2.37. The summed E-state index contributed by atoms with van der Waals surface area (Å²) in [6.07, 6.45) is 8.89. The van der Waals surface area contributed by atoms with Crippen LogP contribution in [0.5, 0.6) is 0 Å². The molecule has 6 rings (SSSR count). The number of amidine groups is 1. The second-order valence-corrected chi connectivity index (χ2v) is 10.2. The molecular weight excluding hydrogens is 413 g/mol. The molecule has 1 saturated heterocycles. The number of rotatable bonds is 3. The SMILES string of the molecule is Fc1ccc([C@H]2c3ccc(C4CCCC4)cc3CCN2C2=NC[C@H]([C@@H]3CCCNC3)O2)cc1. The summed E-state index contributed by atoms with van der Waals surface area (Å²) in [5.41, 5.74) is 5.33. The van der Waals surface area contributed by atoms with Crippen molar-refractivity contribution in [3.8, 4) is 0 Å². The van der Waals surface area contributed by atoms with E-state index in [1.807, 2.05) is 12.1 Å². The van der Waals surface area contributed by atoms with E-state index < -0.39 is 0 Å². The van der Waals surface area contributed by atoms with E-state index in [0.717, 1.165) is 44.2 Å². The number of ether oxygens (including phenoxy) is 1. The van der Waals surface area contributed by atoms with Gasteiger partial charge >= 0.3 is 0 Å². The third-order valence-electron chi connectivity index (χ3n) is 8.18. The van der Waals surface area contributed by atoms with Gasteiger partial charge < -0.3 is 15.0 Å². The van der Waals surface area contributed by atoms with Gasteiger partial charge in [-0.05, 0) is 79.0 Å². The molecule has 0 amide bonds. The van der Waals surface area contributed by atoms with E-state index in [9.17, 15) is 4.39 Å². The number of nitrogens with zero attached hydrogens (tertiary/aromatic N) is 2. The van der Waals surface area contributed by atoms with Crippen LogP contribution in [0.4, 0.5) is 4.39 Å². The van der Waals surface area contributed by atoms with Crippen molar-refractivity contribution < 1.29 is 9.13 Å². The van der Waals surface area contributed by atoms with Crippen molar-refractivity contribution in [3.05, 3.63) is 70.5 Å². The van der Waals surface area contributed by atoms with Gasteiger partial charge in [0, 0.05) is 19.0 Å². The molecule has 0 spiro atoms. The maximum atomic E-state index is 13.8. The van der Waals surface area contributed by atoms with Gasteiger partial charge in [-0.3, -0.25) is 0 Å². The molecule has 4 nitrogen and oxygen atoms in total. The van der Waals surface area contributed by atoms with Crippen LogP contribution in [0.25, 0.3) is 0 Å². The molecule has 0 radical (unpaired) electrons. The number of hydrogen-bond acceptors (Lipinski definition) is 4. The first kappa shape index (κ1) is 21.2. The predicted octanol–water partition coefficient (Wildman–Crippen LogP) is 5.19. The van der Waals surface area contributed by atoms with Crippen LogP contribution in [0, 0.1) is 11.7 Å². The number of piperidine rings is 1. The van der Waals surface area contributed by atoms with E-state index in [1.165, 1.54) is 55.2 Å². The van der Waals surface area contributed by atoms with Crippen LogP contribution in [0.2, 0.25) is 0 Å². The minimum absolute atomic E-state index is 0.00830. The number of fused-ring (bicyclic) bond motifs is 1. The van der Waals surface area contributed by atoms with Gasteiger partial charge in [-0.25, -0.2) is 9.38 Å². The van der Waals surface area contributed by atoms with Gasteiger partial charge in [0.25, 0.3) is 6.02 Å². The summed E-state index contributed by atoms with van der Waals surface area (Å²) in [7, 11) is 0. The van der Waals surface area contributed by atoms with E-state index in [0.29, 0.717) is 11.8 Å². The Hall–Kier alpha value is -2.40. The number of benzene rings is 2. The first-order chi connectivity index (χ1) is 16.3. The summed E-state index contributed by atoms with van der Waals surface area (Å²) < 4.78 is 20.3. The zero-order chi connectivity index (χ0) is 22.2. The highest BCUT2D eigenvalue weighted by Crippen LogP contribution is 2.40. The molecule has 33 heavy (non-hydrogen) atoms.